The van der Waals surface area contributed by atoms with Crippen molar-refractivity contribution in [2.45, 2.75) is 167 Å². The molecule has 19 nitrogen and oxygen atoms in total. The van der Waals surface area contributed by atoms with E-state index < -0.39 is 97.4 Å². The number of nitrogens with zero attached hydrogens (tertiary/aromatic N) is 4. The Morgan fingerprint density at radius 1 is 0.500 bits per heavy atom. The van der Waals surface area contributed by atoms with Crippen LogP contribution in [0.25, 0.3) is 22.3 Å². The van der Waals surface area contributed by atoms with Crippen LogP contribution in [0.3, 0.4) is 0 Å². The molecule has 0 unspecified atom stereocenters. The predicted octanol–water partition coefficient (Wildman–Crippen LogP) is 17.1. The fraction of sp³-hybridized carbons (Fsp3) is 0.386. The minimum absolute atomic E-state index is 0.0273. The van der Waals surface area contributed by atoms with Crippen molar-refractivity contribution >= 4 is 132 Å². The zero-order valence-electron chi connectivity index (χ0n) is 70.4. The van der Waals surface area contributed by atoms with Gasteiger partial charge in [-0.2, -0.15) is 0 Å². The summed E-state index contributed by atoms with van der Waals surface area (Å²) in [7, 11) is -7.59. The molecule has 644 valence electrons. The standard InChI is InChI=1S/C29H33ClFNO5S2.C24H22ClFN2O3S.C19H32BNO4S.C16H13BrClFO3S/c1-7-39(36,37)17-19-8-10-21(28(34)22-11-9-20(31)13-26(22)30)24(12-19)25-15-32(6)27(33)14-23(25)18(2)16-38(35)29(3,4)5;1-4-32(30,31)13-15-5-7-17-20(9-15)21-12-28(3)23(29)11-19(21)14(2)27-24(17)18-8-6-16(26)10-22(18)25;1-13(12-26(23)17(2,3)4)14-10-16(22)21(9)11-15(14)20-24-18(5,6)19(7,8)25-20;1-2-23(21,22)9-10-3-5-12(14(17)7-10)16(20)13-6-4-11(19)8-15(13)18/h8-15,18H,7,16-17H2,1-6H3;5-12,14H,4,13H2,1-3H3;10-11,13H,12H2,1-9H3;3-8H,2,9H2,1H3/t18-,38-;14-;13-,26-;/m101./s1. The van der Waals surface area contributed by atoms with Gasteiger partial charge in [0, 0.05) is 172 Å². The number of aromatic nitrogens is 3. The lowest BCUT2D eigenvalue weighted by Crippen LogP contribution is -2.41. The first kappa shape index (κ1) is 97.9. The third-order valence-corrected chi connectivity index (χ3v) is 31.8. The first-order valence-corrected chi connectivity index (χ1v) is 48.5. The van der Waals surface area contributed by atoms with Crippen LogP contribution in [0.4, 0.5) is 13.2 Å². The maximum atomic E-state index is 13.7. The van der Waals surface area contributed by atoms with Crippen LogP contribution in [0.1, 0.15) is 205 Å². The highest BCUT2D eigenvalue weighted by atomic mass is 79.9. The van der Waals surface area contributed by atoms with Gasteiger partial charge in [-0.15, -0.1) is 0 Å². The topological polar surface area (TPSA) is 268 Å². The lowest BCUT2D eigenvalue weighted by atomic mass is 9.74. The van der Waals surface area contributed by atoms with E-state index in [1.54, 1.807) is 109 Å². The molecule has 1 saturated heterocycles. The van der Waals surface area contributed by atoms with Crippen molar-refractivity contribution in [1.82, 2.24) is 13.7 Å². The van der Waals surface area contributed by atoms with Crippen molar-refractivity contribution in [2.75, 3.05) is 28.8 Å². The number of carbonyl (C=O) groups excluding carboxylic acids is 2. The lowest BCUT2D eigenvalue weighted by Gasteiger charge is -2.32. The zero-order chi connectivity index (χ0) is 89.8. The normalized spacial score (nSPS) is 15.5. The smallest absolute Gasteiger partial charge is 0.399 e. The molecule has 0 amide bonds. The van der Waals surface area contributed by atoms with Crippen molar-refractivity contribution in [1.29, 1.82) is 0 Å². The number of hydrogen-bond donors (Lipinski definition) is 0. The first-order chi connectivity index (χ1) is 55.5. The third-order valence-electron chi connectivity index (χ3n) is 20.9. The molecule has 120 heavy (non-hydrogen) atoms. The van der Waals surface area contributed by atoms with Crippen LogP contribution in [-0.4, -0.2) is 121 Å². The molecule has 0 spiro atoms. The number of rotatable bonds is 22. The van der Waals surface area contributed by atoms with Gasteiger partial charge in [-0.25, -0.2) is 38.4 Å². The van der Waals surface area contributed by atoms with E-state index in [4.69, 9.17) is 49.1 Å². The third kappa shape index (κ3) is 24.3. The minimum Gasteiger partial charge on any atom is -0.399 e. The number of halogens is 7. The molecular weight excluding hydrogens is 1770 g/mol. The Bertz CT molecular complexity index is 6090. The molecule has 0 N–H and O–H groups in total. The number of ketones is 2. The zero-order valence-corrected chi connectivity index (χ0v) is 78.4. The van der Waals surface area contributed by atoms with E-state index in [-0.39, 0.29) is 117 Å². The molecule has 11 rings (SSSR count). The largest absolute Gasteiger partial charge is 0.496 e. The molecule has 1 fully saturated rings. The predicted molar refractivity (Wildman–Crippen MR) is 483 cm³/mol. The second kappa shape index (κ2) is 39.1. The number of aryl methyl sites for hydroxylation is 3. The number of benzene rings is 6. The van der Waals surface area contributed by atoms with Gasteiger partial charge in [0.2, 0.25) is 5.56 Å². The Balaban J connectivity index is 0.000000203. The highest BCUT2D eigenvalue weighted by Gasteiger charge is 2.53. The van der Waals surface area contributed by atoms with Crippen molar-refractivity contribution in [2.24, 2.45) is 26.1 Å². The van der Waals surface area contributed by atoms with Crippen molar-refractivity contribution in [3.8, 4) is 22.3 Å². The molecule has 3 aromatic heterocycles. The molecule has 5 heterocycles. The second-order valence-electron chi connectivity index (χ2n) is 32.7. The molecule has 2 aliphatic rings. The molecule has 0 bridgehead atoms. The van der Waals surface area contributed by atoms with Gasteiger partial charge in [0.1, 0.15) is 17.5 Å². The van der Waals surface area contributed by atoms with Gasteiger partial charge < -0.3 is 23.0 Å². The van der Waals surface area contributed by atoms with Crippen LogP contribution >= 0.6 is 50.7 Å². The average Bonchev–Trinajstić information content (AvgIpc) is 1.20. The van der Waals surface area contributed by atoms with Crippen LogP contribution in [0.5, 0.6) is 0 Å². The van der Waals surface area contributed by atoms with Gasteiger partial charge >= 0.3 is 7.12 Å². The number of pyridine rings is 3. The molecule has 0 aliphatic carbocycles. The average molecular weight is 1870 g/mol. The molecule has 6 aromatic carbocycles. The first-order valence-electron chi connectivity index (χ1n) is 38.5. The minimum atomic E-state index is -3.38. The molecule has 5 atom stereocenters. The molecule has 2 aliphatic heterocycles. The maximum absolute atomic E-state index is 13.7. The van der Waals surface area contributed by atoms with E-state index in [1.165, 1.54) is 56.2 Å². The Labute approximate surface area is 729 Å². The summed E-state index contributed by atoms with van der Waals surface area (Å²) in [5.74, 6) is -2.36. The van der Waals surface area contributed by atoms with Crippen molar-refractivity contribution in [3.05, 3.63) is 281 Å². The SMILES string of the molecule is CCS(=O)(=O)Cc1ccc(C(=O)c2ccc(F)cc2Cl)c(-c2cn(C)c(=O)cc2[C@H](C)C[S@@](=O)C(C)(C)C)c1.CCS(=O)(=O)Cc1ccc(C(=O)c2ccc(F)cc2Cl)c(Br)c1.CCS(=O)(=O)Cc1ccc2c(c1)-c1cn(C)c(=O)cc1[C@H](C)N=C2c1ccc(F)cc1Cl.C[C@H](C[S@@](=O)C(C)(C)C)c1cc(=O)n(C)cc1B1OC(C)(C)C(C)(C)O1. The monoisotopic (exact) mass is 1860 g/mol. The van der Waals surface area contributed by atoms with Gasteiger partial charge in [-0.3, -0.25) is 37.4 Å². The summed E-state index contributed by atoms with van der Waals surface area (Å²) in [4.78, 5) is 68.4. The molecular formula is C88H100BBrCl3F3N4O15S5. The van der Waals surface area contributed by atoms with Crippen LogP contribution < -0.4 is 22.1 Å². The summed E-state index contributed by atoms with van der Waals surface area (Å²) in [5, 5.41) is 0.193. The molecule has 9 aromatic rings. The number of sulfone groups is 3. The number of carbonyl (C=O) groups is 2. The van der Waals surface area contributed by atoms with Crippen LogP contribution in [0, 0.1) is 17.5 Å². The molecule has 32 heteroatoms. The Morgan fingerprint density at radius 3 is 1.32 bits per heavy atom. The number of aliphatic imine (C=N–C) groups is 1. The highest BCUT2D eigenvalue weighted by Crippen LogP contribution is 2.42. The maximum Gasteiger partial charge on any atom is 0.496 e. The van der Waals surface area contributed by atoms with E-state index >= 15 is 0 Å². The van der Waals surface area contributed by atoms with Crippen LogP contribution in [0.2, 0.25) is 15.1 Å². The Kier molecular flexibility index (Phi) is 31.9. The van der Waals surface area contributed by atoms with Crippen molar-refractivity contribution < 1.29 is 65.7 Å². The van der Waals surface area contributed by atoms with Gasteiger partial charge in [-0.1, -0.05) is 116 Å². The van der Waals surface area contributed by atoms with Gasteiger partial charge in [-0.05, 0) is 211 Å². The van der Waals surface area contributed by atoms with E-state index in [9.17, 15) is 70.8 Å². The van der Waals surface area contributed by atoms with Gasteiger partial charge in [0.15, 0.2) is 41.1 Å². The summed E-state index contributed by atoms with van der Waals surface area (Å²) < 4.78 is 155. The lowest BCUT2D eigenvalue weighted by molar-refractivity contribution is 0.00578. The molecule has 0 radical (unpaired) electrons. The van der Waals surface area contributed by atoms with E-state index in [2.05, 4.69) is 15.9 Å². The summed E-state index contributed by atoms with van der Waals surface area (Å²) in [6.45, 7) is 30.1. The summed E-state index contributed by atoms with van der Waals surface area (Å²) in [6, 6.07) is 30.3. The van der Waals surface area contributed by atoms with E-state index in [0.717, 1.165) is 57.5 Å². The van der Waals surface area contributed by atoms with Crippen LogP contribution in [0.15, 0.2) is 170 Å². The Hall–Kier alpha value is -7.55. The summed E-state index contributed by atoms with van der Waals surface area (Å²) >= 11 is 21.8. The quantitative estimate of drug-likeness (QED) is 0.0451. The number of hydrogen-bond acceptors (Lipinski definition) is 16. The van der Waals surface area contributed by atoms with Crippen molar-refractivity contribution in [3.63, 3.8) is 0 Å². The van der Waals surface area contributed by atoms with E-state index in [0.29, 0.717) is 60.4 Å². The van der Waals surface area contributed by atoms with E-state index in [1.807, 2.05) is 102 Å². The fourth-order valence-electron chi connectivity index (χ4n) is 12.9. The number of fused-ring (bicyclic) bond motifs is 3. The highest BCUT2D eigenvalue weighted by molar-refractivity contribution is 9.10. The molecule has 0 saturated carbocycles. The summed E-state index contributed by atoms with van der Waals surface area (Å²) in [6.07, 6.45) is 5.14. The second-order valence-corrected chi connectivity index (χ2v) is 46.4. The summed E-state index contributed by atoms with van der Waals surface area (Å²) in [5.41, 5.74) is 8.43. The fourth-order valence-corrected chi connectivity index (χ4v) is 19.2. The van der Waals surface area contributed by atoms with Gasteiger partial charge in [0.25, 0.3) is 11.1 Å². The van der Waals surface area contributed by atoms with Crippen LogP contribution in [-0.2, 0) is 98.8 Å². The Morgan fingerprint density at radius 2 is 0.875 bits per heavy atom. The van der Waals surface area contributed by atoms with Gasteiger partial charge in [0.05, 0.1) is 55.3 Å².